The highest BCUT2D eigenvalue weighted by Gasteiger charge is 2.08. The van der Waals surface area contributed by atoms with E-state index in [0.29, 0.717) is 18.2 Å². The van der Waals surface area contributed by atoms with E-state index >= 15 is 0 Å². The number of benzene rings is 2. The first-order valence-corrected chi connectivity index (χ1v) is 7.61. The van der Waals surface area contributed by atoms with Gasteiger partial charge in [0.25, 0.3) is 0 Å². The number of fused-ring (bicyclic) bond motifs is 1. The van der Waals surface area contributed by atoms with Gasteiger partial charge in [0.15, 0.2) is 0 Å². The zero-order valence-corrected chi connectivity index (χ0v) is 13.2. The quantitative estimate of drug-likeness (QED) is 0.749. The summed E-state index contributed by atoms with van der Waals surface area (Å²) in [5.74, 6) is 1.12. The van der Waals surface area contributed by atoms with Crippen LogP contribution in [-0.2, 0) is 4.74 Å². The number of carbonyl (C=O) groups is 1. The summed E-state index contributed by atoms with van der Waals surface area (Å²) in [6.07, 6.45) is -0.444. The third kappa shape index (κ3) is 3.69. The Bertz CT molecular complexity index is 810. The van der Waals surface area contributed by atoms with Gasteiger partial charge in [-0.3, -0.25) is 5.32 Å². The third-order valence-corrected chi connectivity index (χ3v) is 3.32. The van der Waals surface area contributed by atoms with E-state index in [9.17, 15) is 4.79 Å². The molecule has 23 heavy (non-hydrogen) atoms. The van der Waals surface area contributed by atoms with Crippen LogP contribution in [0.4, 0.5) is 10.5 Å². The lowest BCUT2D eigenvalue weighted by atomic mass is 10.2. The van der Waals surface area contributed by atoms with E-state index in [0.717, 1.165) is 22.4 Å². The zero-order chi connectivity index (χ0) is 16.2. The lowest BCUT2D eigenvalue weighted by molar-refractivity contribution is 0.147. The number of anilines is 1. The molecule has 5 nitrogen and oxygen atoms in total. The summed E-state index contributed by atoms with van der Waals surface area (Å²) in [7, 11) is 0. The molecule has 2 N–H and O–H groups in total. The van der Waals surface area contributed by atoms with Gasteiger partial charge >= 0.3 is 6.09 Å². The number of rotatable bonds is 4. The molecule has 0 fully saturated rings. The van der Waals surface area contributed by atoms with Crippen molar-refractivity contribution in [3.8, 4) is 11.4 Å². The van der Waals surface area contributed by atoms with Crippen molar-refractivity contribution in [3.63, 3.8) is 0 Å². The molecule has 0 aliphatic carbocycles. The van der Waals surface area contributed by atoms with E-state index in [-0.39, 0.29) is 0 Å². The fourth-order valence-electron chi connectivity index (χ4n) is 2.22. The molecule has 3 rings (SSSR count). The monoisotopic (exact) mass is 309 g/mol. The topological polar surface area (TPSA) is 67.0 Å². The van der Waals surface area contributed by atoms with Gasteiger partial charge in [-0.2, -0.15) is 0 Å². The number of nitrogens with one attached hydrogen (secondary N) is 2. The largest absolute Gasteiger partial charge is 0.449 e. The van der Waals surface area contributed by atoms with Crippen LogP contribution in [0.2, 0.25) is 0 Å². The molecule has 1 amide bonds. The Morgan fingerprint density at radius 2 is 2.00 bits per heavy atom. The number of hydrogen-bond donors (Lipinski definition) is 2. The van der Waals surface area contributed by atoms with Crippen LogP contribution in [0.5, 0.6) is 0 Å². The Morgan fingerprint density at radius 1 is 1.22 bits per heavy atom. The first kappa shape index (κ1) is 15.1. The van der Waals surface area contributed by atoms with Crippen LogP contribution in [0.15, 0.2) is 48.5 Å². The lowest BCUT2D eigenvalue weighted by Gasteiger charge is -2.08. The molecule has 1 aromatic heterocycles. The number of carbonyl (C=O) groups excluding carboxylic acids is 1. The Balaban J connectivity index is 1.78. The van der Waals surface area contributed by atoms with Crippen molar-refractivity contribution in [3.05, 3.63) is 48.5 Å². The second-order valence-corrected chi connectivity index (χ2v) is 5.80. The smallest absolute Gasteiger partial charge is 0.411 e. The first-order chi connectivity index (χ1) is 11.1. The highest BCUT2D eigenvalue weighted by Crippen LogP contribution is 2.22. The van der Waals surface area contributed by atoms with Crippen molar-refractivity contribution in [1.29, 1.82) is 0 Å². The number of aromatic amines is 1. The van der Waals surface area contributed by atoms with E-state index in [1.165, 1.54) is 0 Å². The lowest BCUT2D eigenvalue weighted by Crippen LogP contribution is -2.16. The molecular formula is C18H19N3O2. The van der Waals surface area contributed by atoms with Crippen LogP contribution in [0.3, 0.4) is 0 Å². The molecule has 0 saturated heterocycles. The van der Waals surface area contributed by atoms with Crippen molar-refractivity contribution in [2.45, 2.75) is 13.8 Å². The average molecular weight is 309 g/mol. The Hall–Kier alpha value is -2.82. The minimum absolute atomic E-state index is 0.310. The maximum atomic E-state index is 11.7. The fourth-order valence-corrected chi connectivity index (χ4v) is 2.22. The normalized spacial score (nSPS) is 10.9. The predicted octanol–water partition coefficient (Wildman–Crippen LogP) is 4.43. The average Bonchev–Trinajstić information content (AvgIpc) is 2.97. The molecule has 3 aromatic rings. The molecule has 118 valence electrons. The Morgan fingerprint density at radius 3 is 2.74 bits per heavy atom. The van der Waals surface area contributed by atoms with Crippen molar-refractivity contribution in [2.24, 2.45) is 5.92 Å². The predicted molar refractivity (Wildman–Crippen MR) is 91.3 cm³/mol. The molecular weight excluding hydrogens is 290 g/mol. The van der Waals surface area contributed by atoms with E-state index in [1.54, 1.807) is 0 Å². The van der Waals surface area contributed by atoms with Crippen LogP contribution >= 0.6 is 0 Å². The van der Waals surface area contributed by atoms with Gasteiger partial charge in [0.2, 0.25) is 0 Å². The summed E-state index contributed by atoms with van der Waals surface area (Å²) in [5, 5.41) is 2.73. The van der Waals surface area contributed by atoms with Gasteiger partial charge in [0.1, 0.15) is 5.82 Å². The highest BCUT2D eigenvalue weighted by atomic mass is 16.5. The van der Waals surface area contributed by atoms with Gasteiger partial charge < -0.3 is 9.72 Å². The minimum atomic E-state index is -0.444. The molecule has 0 unspecified atom stereocenters. The molecule has 0 bridgehead atoms. The zero-order valence-electron chi connectivity index (χ0n) is 13.2. The number of hydrogen-bond acceptors (Lipinski definition) is 3. The number of nitrogens with zero attached hydrogens (tertiary/aromatic N) is 1. The fraction of sp³-hybridized carbons (Fsp3) is 0.222. The third-order valence-electron chi connectivity index (χ3n) is 3.32. The van der Waals surface area contributed by atoms with E-state index < -0.39 is 6.09 Å². The second-order valence-electron chi connectivity index (χ2n) is 5.80. The first-order valence-electron chi connectivity index (χ1n) is 7.61. The maximum Gasteiger partial charge on any atom is 0.411 e. The van der Waals surface area contributed by atoms with Crippen LogP contribution in [-0.4, -0.2) is 22.7 Å². The summed E-state index contributed by atoms with van der Waals surface area (Å²) in [4.78, 5) is 19.6. The molecule has 0 aliphatic heterocycles. The molecule has 1 heterocycles. The Kier molecular flexibility index (Phi) is 4.28. The van der Waals surface area contributed by atoms with Crippen molar-refractivity contribution in [2.75, 3.05) is 11.9 Å². The van der Waals surface area contributed by atoms with Crippen molar-refractivity contribution < 1.29 is 9.53 Å². The molecule has 5 heteroatoms. The van der Waals surface area contributed by atoms with Crippen LogP contribution in [0.25, 0.3) is 22.4 Å². The molecule has 2 aromatic carbocycles. The van der Waals surface area contributed by atoms with Crippen molar-refractivity contribution in [1.82, 2.24) is 9.97 Å². The van der Waals surface area contributed by atoms with Crippen LogP contribution < -0.4 is 5.32 Å². The van der Waals surface area contributed by atoms with Gasteiger partial charge in [-0.1, -0.05) is 44.2 Å². The summed E-state index contributed by atoms with van der Waals surface area (Å²) < 4.78 is 5.12. The van der Waals surface area contributed by atoms with E-state index in [2.05, 4.69) is 15.3 Å². The minimum Gasteiger partial charge on any atom is -0.449 e. The van der Waals surface area contributed by atoms with Gasteiger partial charge in [-0.15, -0.1) is 0 Å². The molecule has 0 atom stereocenters. The Labute approximate surface area is 134 Å². The summed E-state index contributed by atoms with van der Waals surface area (Å²) in [5.41, 5.74) is 3.42. The number of ether oxygens (including phenoxy) is 1. The highest BCUT2D eigenvalue weighted by molar-refractivity contribution is 5.89. The van der Waals surface area contributed by atoms with Crippen LogP contribution in [0.1, 0.15) is 13.8 Å². The van der Waals surface area contributed by atoms with E-state index in [1.807, 2.05) is 62.4 Å². The van der Waals surface area contributed by atoms with Gasteiger partial charge in [-0.25, -0.2) is 9.78 Å². The molecule has 0 spiro atoms. The number of H-pyrrole nitrogens is 1. The standard InChI is InChI=1S/C18H19N3O2/c1-12(2)11-23-18(22)19-14-8-9-15-16(10-14)21-17(20-15)13-6-4-3-5-7-13/h3-10,12H,11H2,1-2H3,(H,19,22)(H,20,21). The number of amides is 1. The van der Waals surface area contributed by atoms with E-state index in [4.69, 9.17) is 4.74 Å². The van der Waals surface area contributed by atoms with Gasteiger partial charge in [0.05, 0.1) is 17.6 Å². The SMILES string of the molecule is CC(C)COC(=O)Nc1ccc2nc(-c3ccccc3)[nH]c2c1. The molecule has 0 aliphatic rings. The maximum absolute atomic E-state index is 11.7. The second kappa shape index (κ2) is 6.52. The molecule has 0 saturated carbocycles. The number of aromatic nitrogens is 2. The van der Waals surface area contributed by atoms with Crippen molar-refractivity contribution >= 4 is 22.8 Å². The van der Waals surface area contributed by atoms with Gasteiger partial charge in [-0.05, 0) is 24.1 Å². The summed E-state index contributed by atoms with van der Waals surface area (Å²) in [6.45, 7) is 4.39. The summed E-state index contributed by atoms with van der Waals surface area (Å²) >= 11 is 0. The summed E-state index contributed by atoms with van der Waals surface area (Å²) in [6, 6.07) is 15.5. The van der Waals surface area contributed by atoms with Crippen LogP contribution in [0, 0.1) is 5.92 Å². The number of imidazole rings is 1. The van der Waals surface area contributed by atoms with Gasteiger partial charge in [0, 0.05) is 11.3 Å². The molecule has 0 radical (unpaired) electrons.